The summed E-state index contributed by atoms with van der Waals surface area (Å²) in [6, 6.07) is 13.4. The minimum atomic E-state index is 0.480. The van der Waals surface area contributed by atoms with Gasteiger partial charge in [0.1, 0.15) is 5.82 Å². The summed E-state index contributed by atoms with van der Waals surface area (Å²) in [7, 11) is 3.22. The van der Waals surface area contributed by atoms with Crippen molar-refractivity contribution in [2.75, 3.05) is 20.0 Å². The molecule has 5 nitrogen and oxygen atoms in total. The Morgan fingerprint density at radius 2 is 1.73 bits per heavy atom. The number of nitrogens with two attached hydrogens (primary N) is 1. The van der Waals surface area contributed by atoms with Gasteiger partial charge in [-0.3, -0.25) is 0 Å². The van der Waals surface area contributed by atoms with E-state index in [1.165, 1.54) is 11.8 Å². The lowest BCUT2D eigenvalue weighted by Gasteiger charge is -2.09. The molecule has 0 aliphatic heterocycles. The van der Waals surface area contributed by atoms with Crippen molar-refractivity contribution in [2.24, 2.45) is 0 Å². The van der Waals surface area contributed by atoms with Gasteiger partial charge in [0.15, 0.2) is 16.7 Å². The fraction of sp³-hybridized carbons (Fsp3) is 0.125. The molecule has 0 unspecified atom stereocenters. The molecule has 0 aliphatic rings. The van der Waals surface area contributed by atoms with Gasteiger partial charge < -0.3 is 15.2 Å². The van der Waals surface area contributed by atoms with Crippen molar-refractivity contribution in [1.29, 1.82) is 0 Å². The molecule has 0 amide bonds. The molecule has 0 fully saturated rings. The summed E-state index contributed by atoms with van der Waals surface area (Å²) < 4.78 is 10.5. The van der Waals surface area contributed by atoms with Gasteiger partial charge in [0, 0.05) is 10.3 Å². The Balaban J connectivity index is 1.96. The van der Waals surface area contributed by atoms with E-state index in [1.54, 1.807) is 14.2 Å². The fourth-order valence-electron chi connectivity index (χ4n) is 2.11. The molecule has 0 bridgehead atoms. The Morgan fingerprint density at radius 3 is 2.50 bits per heavy atom. The van der Waals surface area contributed by atoms with E-state index < -0.39 is 0 Å². The second-order valence-electron chi connectivity index (χ2n) is 4.53. The Bertz CT molecular complexity index is 824. The number of rotatable bonds is 4. The first-order valence-electron chi connectivity index (χ1n) is 6.63. The van der Waals surface area contributed by atoms with E-state index in [2.05, 4.69) is 9.97 Å². The van der Waals surface area contributed by atoms with Gasteiger partial charge in [-0.05, 0) is 42.1 Å². The molecule has 0 saturated heterocycles. The minimum Gasteiger partial charge on any atom is -0.493 e. The van der Waals surface area contributed by atoms with Crippen molar-refractivity contribution in [3.05, 3.63) is 42.5 Å². The number of fused-ring (bicyclic) bond motifs is 1. The zero-order valence-electron chi connectivity index (χ0n) is 12.2. The molecule has 2 aromatic carbocycles. The van der Waals surface area contributed by atoms with Crippen LogP contribution in [-0.2, 0) is 0 Å². The molecule has 0 spiro atoms. The first-order chi connectivity index (χ1) is 10.7. The molecule has 0 atom stereocenters. The zero-order chi connectivity index (χ0) is 15.5. The Labute approximate surface area is 132 Å². The van der Waals surface area contributed by atoms with Crippen molar-refractivity contribution in [1.82, 2.24) is 9.97 Å². The summed E-state index contributed by atoms with van der Waals surface area (Å²) in [6.07, 6.45) is 0. The van der Waals surface area contributed by atoms with Crippen LogP contribution in [0.4, 0.5) is 5.82 Å². The summed E-state index contributed by atoms with van der Waals surface area (Å²) in [5.41, 5.74) is 6.83. The third kappa shape index (κ3) is 2.78. The Morgan fingerprint density at radius 1 is 0.955 bits per heavy atom. The van der Waals surface area contributed by atoms with E-state index in [0.717, 1.165) is 15.8 Å². The van der Waals surface area contributed by atoms with Gasteiger partial charge in [-0.2, -0.15) is 0 Å². The van der Waals surface area contributed by atoms with Crippen molar-refractivity contribution in [3.63, 3.8) is 0 Å². The summed E-state index contributed by atoms with van der Waals surface area (Å²) in [5.74, 6) is 1.83. The van der Waals surface area contributed by atoms with Crippen molar-refractivity contribution in [3.8, 4) is 11.5 Å². The van der Waals surface area contributed by atoms with Gasteiger partial charge >= 0.3 is 0 Å². The number of ether oxygens (including phenoxy) is 2. The predicted octanol–water partition coefficient (Wildman–Crippen LogP) is 3.38. The monoisotopic (exact) mass is 313 g/mol. The lowest BCUT2D eigenvalue weighted by atomic mass is 10.2. The van der Waals surface area contributed by atoms with E-state index >= 15 is 0 Å². The molecule has 3 aromatic rings. The topological polar surface area (TPSA) is 70.3 Å². The highest BCUT2D eigenvalue weighted by atomic mass is 32.2. The fourth-order valence-corrected chi connectivity index (χ4v) is 2.91. The smallest absolute Gasteiger partial charge is 0.194 e. The number of hydrogen-bond acceptors (Lipinski definition) is 6. The molecule has 6 heteroatoms. The first-order valence-corrected chi connectivity index (χ1v) is 7.45. The molecule has 3 rings (SSSR count). The zero-order valence-corrected chi connectivity index (χ0v) is 13.1. The van der Waals surface area contributed by atoms with Crippen LogP contribution in [0.2, 0.25) is 0 Å². The second kappa shape index (κ2) is 6.11. The van der Waals surface area contributed by atoms with Gasteiger partial charge in [-0.1, -0.05) is 12.1 Å². The maximum atomic E-state index is 6.00. The molecule has 112 valence electrons. The normalized spacial score (nSPS) is 10.6. The summed E-state index contributed by atoms with van der Waals surface area (Å²) in [4.78, 5) is 9.83. The van der Waals surface area contributed by atoms with E-state index in [-0.39, 0.29) is 0 Å². The average molecular weight is 313 g/mol. The van der Waals surface area contributed by atoms with Crippen LogP contribution in [-0.4, -0.2) is 24.2 Å². The third-order valence-corrected chi connectivity index (χ3v) is 4.03. The van der Waals surface area contributed by atoms with E-state index in [4.69, 9.17) is 15.2 Å². The maximum Gasteiger partial charge on any atom is 0.194 e. The lowest BCUT2D eigenvalue weighted by molar-refractivity contribution is 0.354. The molecule has 1 heterocycles. The standard InChI is InChI=1S/C16H15N3O2S/c1-20-13-8-7-10(9-14(13)21-2)22-16-18-12-6-4-3-5-11(12)15(17)19-16/h3-9H,1-2H3,(H2,17,18,19). The van der Waals surface area contributed by atoms with Gasteiger partial charge in [0.05, 0.1) is 19.7 Å². The third-order valence-electron chi connectivity index (χ3n) is 3.18. The van der Waals surface area contributed by atoms with E-state index in [0.29, 0.717) is 22.5 Å². The van der Waals surface area contributed by atoms with Crippen LogP contribution < -0.4 is 15.2 Å². The quantitative estimate of drug-likeness (QED) is 0.745. The second-order valence-corrected chi connectivity index (χ2v) is 5.57. The van der Waals surface area contributed by atoms with Crippen LogP contribution in [0.1, 0.15) is 0 Å². The number of benzene rings is 2. The van der Waals surface area contributed by atoms with Gasteiger partial charge in [-0.15, -0.1) is 0 Å². The van der Waals surface area contributed by atoms with Crippen LogP contribution in [0.25, 0.3) is 10.9 Å². The van der Waals surface area contributed by atoms with Crippen LogP contribution >= 0.6 is 11.8 Å². The largest absolute Gasteiger partial charge is 0.493 e. The van der Waals surface area contributed by atoms with Gasteiger partial charge in [0.2, 0.25) is 0 Å². The molecule has 2 N–H and O–H groups in total. The van der Waals surface area contributed by atoms with Gasteiger partial charge in [-0.25, -0.2) is 9.97 Å². The number of hydrogen-bond donors (Lipinski definition) is 1. The summed E-state index contributed by atoms with van der Waals surface area (Å²) in [6.45, 7) is 0. The van der Waals surface area contributed by atoms with Crippen LogP contribution in [0.5, 0.6) is 11.5 Å². The molecule has 1 aromatic heterocycles. The van der Waals surface area contributed by atoms with Crippen LogP contribution in [0.15, 0.2) is 52.5 Å². The molecule has 0 aliphatic carbocycles. The highest BCUT2D eigenvalue weighted by molar-refractivity contribution is 7.99. The van der Waals surface area contributed by atoms with E-state index in [1.807, 2.05) is 42.5 Å². The summed E-state index contributed by atoms with van der Waals surface area (Å²) >= 11 is 1.43. The van der Waals surface area contributed by atoms with Crippen LogP contribution in [0, 0.1) is 0 Å². The highest BCUT2D eigenvalue weighted by Crippen LogP contribution is 2.34. The van der Waals surface area contributed by atoms with Crippen LogP contribution in [0.3, 0.4) is 0 Å². The molecule has 0 saturated carbocycles. The number of methoxy groups -OCH3 is 2. The molecule has 0 radical (unpaired) electrons. The van der Waals surface area contributed by atoms with Crippen molar-refractivity contribution < 1.29 is 9.47 Å². The van der Waals surface area contributed by atoms with Gasteiger partial charge in [0.25, 0.3) is 0 Å². The minimum absolute atomic E-state index is 0.480. The maximum absolute atomic E-state index is 6.00. The molecule has 22 heavy (non-hydrogen) atoms. The SMILES string of the molecule is COc1ccc(Sc2nc(N)c3ccccc3n2)cc1OC. The number of nitrogens with zero attached hydrogens (tertiary/aromatic N) is 2. The number of nitrogen functional groups attached to an aromatic ring is 1. The molecular weight excluding hydrogens is 298 g/mol. The molecular formula is C16H15N3O2S. The average Bonchev–Trinajstić information content (AvgIpc) is 2.55. The Kier molecular flexibility index (Phi) is 4.02. The van der Waals surface area contributed by atoms with Crippen molar-refractivity contribution in [2.45, 2.75) is 10.1 Å². The number of aromatic nitrogens is 2. The first kappa shape index (κ1) is 14.5. The summed E-state index contributed by atoms with van der Waals surface area (Å²) in [5, 5.41) is 1.46. The highest BCUT2D eigenvalue weighted by Gasteiger charge is 2.09. The van der Waals surface area contributed by atoms with Crippen molar-refractivity contribution >= 4 is 28.5 Å². The Hall–Kier alpha value is -2.47. The van der Waals surface area contributed by atoms with E-state index in [9.17, 15) is 0 Å². The lowest BCUT2D eigenvalue weighted by Crippen LogP contribution is -1.96. The predicted molar refractivity (Wildman–Crippen MR) is 87.6 cm³/mol. The number of anilines is 1. The number of para-hydroxylation sites is 1.